The lowest BCUT2D eigenvalue weighted by molar-refractivity contribution is 0.105. The Labute approximate surface area is 161 Å². The molecule has 1 fully saturated rings. The minimum Gasteiger partial charge on any atom is -0.450 e. The van der Waals surface area contributed by atoms with Crippen molar-refractivity contribution in [3.63, 3.8) is 0 Å². The Bertz CT molecular complexity index is 766. The average Bonchev–Trinajstić information content (AvgIpc) is 2.66. The largest absolute Gasteiger partial charge is 0.450 e. The smallest absolute Gasteiger partial charge is 0.409 e. The highest BCUT2D eigenvalue weighted by Gasteiger charge is 2.24. The van der Waals surface area contributed by atoms with Crippen LogP contribution in [0.3, 0.4) is 0 Å². The highest BCUT2D eigenvalue weighted by atomic mass is 35.5. The molecule has 0 spiro atoms. The molecule has 1 saturated heterocycles. The molecule has 9 heteroatoms. The average molecular weight is 394 g/mol. The van der Waals surface area contributed by atoms with Crippen molar-refractivity contribution in [3.8, 4) is 0 Å². The van der Waals surface area contributed by atoms with Gasteiger partial charge in [-0.05, 0) is 31.2 Å². The van der Waals surface area contributed by atoms with Crippen LogP contribution >= 0.6 is 23.4 Å². The molecule has 3 rings (SSSR count). The summed E-state index contributed by atoms with van der Waals surface area (Å²) in [5.41, 5.74) is 6.85. The summed E-state index contributed by atoms with van der Waals surface area (Å²) in [6.45, 7) is 4.61. The predicted molar refractivity (Wildman–Crippen MR) is 103 cm³/mol. The number of aromatic nitrogens is 2. The molecule has 0 aliphatic carbocycles. The molecule has 0 bridgehead atoms. The fraction of sp³-hybridized carbons (Fsp3) is 0.353. The summed E-state index contributed by atoms with van der Waals surface area (Å²) >= 11 is 7.39. The second kappa shape index (κ2) is 8.46. The number of anilines is 2. The predicted octanol–water partition coefficient (Wildman–Crippen LogP) is 3.14. The number of hydrogen-bond donors (Lipinski definition) is 1. The zero-order valence-electron chi connectivity index (χ0n) is 14.4. The number of nitrogen functional groups attached to an aromatic ring is 1. The van der Waals surface area contributed by atoms with Gasteiger partial charge < -0.3 is 20.3 Å². The van der Waals surface area contributed by atoms with Crippen LogP contribution < -0.4 is 10.6 Å². The SMILES string of the molecule is CCOC(=O)N1CCN(c2ncnc(Sc3ccc(Cl)cc3)c2N)CC1. The maximum atomic E-state index is 11.8. The third-order valence-electron chi connectivity index (χ3n) is 3.96. The van der Waals surface area contributed by atoms with Crippen LogP contribution in [0.2, 0.25) is 5.02 Å². The van der Waals surface area contributed by atoms with Crippen LogP contribution in [0.1, 0.15) is 6.92 Å². The first kappa shape index (κ1) is 18.6. The normalized spacial score (nSPS) is 14.4. The van der Waals surface area contributed by atoms with Gasteiger partial charge in [0.25, 0.3) is 0 Å². The molecule has 7 nitrogen and oxygen atoms in total. The standard InChI is InChI=1S/C17H20ClN5O2S/c1-2-25-17(24)23-9-7-22(8-10-23)15-14(19)16(21-11-20-15)26-13-5-3-12(18)4-6-13/h3-6,11H,2,7-10,19H2,1H3. The van der Waals surface area contributed by atoms with Crippen LogP contribution in [0.5, 0.6) is 0 Å². The second-order valence-corrected chi connectivity index (χ2v) is 7.14. The van der Waals surface area contributed by atoms with Crippen LogP contribution in [0.15, 0.2) is 40.5 Å². The summed E-state index contributed by atoms with van der Waals surface area (Å²) in [7, 11) is 0. The Morgan fingerprint density at radius 2 is 1.92 bits per heavy atom. The van der Waals surface area contributed by atoms with Crippen molar-refractivity contribution < 1.29 is 9.53 Å². The van der Waals surface area contributed by atoms with Gasteiger partial charge in [0.15, 0.2) is 5.82 Å². The fourth-order valence-electron chi connectivity index (χ4n) is 2.63. The number of amides is 1. The van der Waals surface area contributed by atoms with E-state index < -0.39 is 0 Å². The van der Waals surface area contributed by atoms with Crippen LogP contribution in [-0.2, 0) is 4.74 Å². The molecule has 26 heavy (non-hydrogen) atoms. The lowest BCUT2D eigenvalue weighted by atomic mass is 10.3. The van der Waals surface area contributed by atoms with Crippen LogP contribution in [-0.4, -0.2) is 53.7 Å². The van der Waals surface area contributed by atoms with Gasteiger partial charge in [0.1, 0.15) is 17.0 Å². The van der Waals surface area contributed by atoms with Crippen LogP contribution in [0, 0.1) is 0 Å². The summed E-state index contributed by atoms with van der Waals surface area (Å²) < 4.78 is 5.05. The quantitative estimate of drug-likeness (QED) is 0.798. The molecular formula is C17H20ClN5O2S. The molecule has 0 atom stereocenters. The van der Waals surface area contributed by atoms with Crippen LogP contribution in [0.25, 0.3) is 0 Å². The maximum Gasteiger partial charge on any atom is 0.409 e. The van der Waals surface area contributed by atoms with Crippen molar-refractivity contribution in [1.82, 2.24) is 14.9 Å². The molecule has 138 valence electrons. The second-order valence-electron chi connectivity index (χ2n) is 5.65. The number of carbonyl (C=O) groups is 1. The van der Waals surface area contributed by atoms with Crippen molar-refractivity contribution in [2.24, 2.45) is 0 Å². The van der Waals surface area contributed by atoms with E-state index in [9.17, 15) is 4.79 Å². The first-order valence-corrected chi connectivity index (χ1v) is 9.48. The van der Waals surface area contributed by atoms with Crippen molar-refractivity contribution in [2.45, 2.75) is 16.8 Å². The first-order chi connectivity index (χ1) is 12.6. The highest BCUT2D eigenvalue weighted by molar-refractivity contribution is 7.99. The van der Waals surface area contributed by atoms with Gasteiger partial charge in [-0.2, -0.15) is 0 Å². The van der Waals surface area contributed by atoms with Gasteiger partial charge in [-0.3, -0.25) is 0 Å². The molecule has 2 N–H and O–H groups in total. The lowest BCUT2D eigenvalue weighted by Crippen LogP contribution is -2.49. The van der Waals surface area contributed by atoms with Gasteiger partial charge in [-0.25, -0.2) is 14.8 Å². The Balaban J connectivity index is 1.70. The number of benzene rings is 1. The van der Waals surface area contributed by atoms with Gasteiger partial charge in [0.2, 0.25) is 0 Å². The van der Waals surface area contributed by atoms with Crippen LogP contribution in [0.4, 0.5) is 16.3 Å². The lowest BCUT2D eigenvalue weighted by Gasteiger charge is -2.35. The number of hydrogen-bond acceptors (Lipinski definition) is 7. The number of ether oxygens (including phenoxy) is 1. The molecule has 1 aromatic carbocycles. The molecule has 2 aromatic rings. The van der Waals surface area contributed by atoms with E-state index in [0.717, 1.165) is 4.90 Å². The minimum atomic E-state index is -0.276. The zero-order valence-corrected chi connectivity index (χ0v) is 16.0. The highest BCUT2D eigenvalue weighted by Crippen LogP contribution is 2.35. The van der Waals surface area contributed by atoms with E-state index in [2.05, 4.69) is 14.9 Å². The Morgan fingerprint density at radius 1 is 1.23 bits per heavy atom. The van der Waals surface area contributed by atoms with Crippen molar-refractivity contribution in [3.05, 3.63) is 35.6 Å². The zero-order chi connectivity index (χ0) is 18.5. The van der Waals surface area contributed by atoms with E-state index in [1.807, 2.05) is 24.3 Å². The third-order valence-corrected chi connectivity index (χ3v) is 5.24. The van der Waals surface area contributed by atoms with Gasteiger partial charge >= 0.3 is 6.09 Å². The van der Waals surface area contributed by atoms with Gasteiger partial charge in [-0.1, -0.05) is 23.4 Å². The summed E-state index contributed by atoms with van der Waals surface area (Å²) in [6.07, 6.45) is 1.24. The van der Waals surface area contributed by atoms with E-state index in [1.165, 1.54) is 18.1 Å². The monoisotopic (exact) mass is 393 g/mol. The summed E-state index contributed by atoms with van der Waals surface area (Å²) in [5, 5.41) is 1.38. The maximum absolute atomic E-state index is 11.8. The molecule has 1 aliphatic rings. The molecule has 1 aromatic heterocycles. The van der Waals surface area contributed by atoms with Crippen molar-refractivity contribution in [1.29, 1.82) is 0 Å². The summed E-state index contributed by atoms with van der Waals surface area (Å²) in [6, 6.07) is 7.51. The van der Waals surface area contributed by atoms with Crippen molar-refractivity contribution >= 4 is 41.0 Å². The Kier molecular flexibility index (Phi) is 6.05. The van der Waals surface area contributed by atoms with Crippen molar-refractivity contribution in [2.75, 3.05) is 43.4 Å². The first-order valence-electron chi connectivity index (χ1n) is 8.29. The molecule has 1 aliphatic heterocycles. The summed E-state index contributed by atoms with van der Waals surface area (Å²) in [5.74, 6) is 0.694. The number of rotatable bonds is 4. The Hall–Kier alpha value is -2.19. The van der Waals surface area contributed by atoms with E-state index in [-0.39, 0.29) is 6.09 Å². The number of piperazine rings is 1. The fourth-order valence-corrected chi connectivity index (χ4v) is 3.56. The van der Waals surface area contributed by atoms with Gasteiger partial charge in [-0.15, -0.1) is 0 Å². The molecule has 0 unspecified atom stereocenters. The molecule has 2 heterocycles. The Morgan fingerprint density at radius 3 is 2.58 bits per heavy atom. The molecule has 1 amide bonds. The number of carbonyl (C=O) groups excluding carboxylic acids is 1. The van der Waals surface area contributed by atoms with E-state index in [4.69, 9.17) is 22.1 Å². The number of halogens is 1. The van der Waals surface area contributed by atoms with E-state index >= 15 is 0 Å². The van der Waals surface area contributed by atoms with E-state index in [0.29, 0.717) is 54.3 Å². The molecule has 0 saturated carbocycles. The number of nitrogens with two attached hydrogens (primary N) is 1. The topological polar surface area (TPSA) is 84.6 Å². The molecular weight excluding hydrogens is 374 g/mol. The number of nitrogens with zero attached hydrogens (tertiary/aromatic N) is 4. The minimum absolute atomic E-state index is 0.276. The van der Waals surface area contributed by atoms with Gasteiger partial charge in [0, 0.05) is 36.1 Å². The van der Waals surface area contributed by atoms with Gasteiger partial charge in [0.05, 0.1) is 6.61 Å². The third kappa shape index (κ3) is 4.31. The van der Waals surface area contributed by atoms with E-state index in [1.54, 1.807) is 11.8 Å². The molecule has 0 radical (unpaired) electrons. The summed E-state index contributed by atoms with van der Waals surface area (Å²) in [4.78, 5) is 25.2.